The van der Waals surface area contributed by atoms with Crippen LogP contribution in [0.3, 0.4) is 0 Å². The zero-order chi connectivity index (χ0) is 21.9. The summed E-state index contributed by atoms with van der Waals surface area (Å²) in [4.78, 5) is 26.6. The Morgan fingerprint density at radius 1 is 1.13 bits per heavy atom. The summed E-state index contributed by atoms with van der Waals surface area (Å²) in [6, 6.07) is 14.1. The fourth-order valence-corrected chi connectivity index (χ4v) is 4.01. The number of nitrogens with one attached hydrogen (secondary N) is 1. The number of primary sulfonamides is 1. The summed E-state index contributed by atoms with van der Waals surface area (Å²) in [6.45, 7) is 5.01. The topological polar surface area (TPSA) is 110 Å². The molecule has 2 amide bonds. The molecule has 1 aliphatic heterocycles. The average Bonchev–Trinajstić information content (AvgIpc) is 3.09. The predicted molar refractivity (Wildman–Crippen MR) is 116 cm³/mol. The Hall–Kier alpha value is -2.71. The van der Waals surface area contributed by atoms with Gasteiger partial charge in [-0.1, -0.05) is 38.1 Å². The van der Waals surface area contributed by atoms with Crippen LogP contribution in [-0.2, 0) is 26.0 Å². The molecular formula is C22H27N3O4S. The van der Waals surface area contributed by atoms with Crippen molar-refractivity contribution in [3.05, 3.63) is 59.7 Å². The maximum atomic E-state index is 12.5. The SMILES string of the molecule is CC(C)c1ccc(N2CC(C(=O)NCCc3ccc(S(N)(=O)=O)cc3)CC2=O)cc1. The van der Waals surface area contributed by atoms with Gasteiger partial charge in [0.1, 0.15) is 0 Å². The largest absolute Gasteiger partial charge is 0.355 e. The number of amides is 2. The van der Waals surface area contributed by atoms with Gasteiger partial charge >= 0.3 is 0 Å². The van der Waals surface area contributed by atoms with Crippen LogP contribution >= 0.6 is 0 Å². The van der Waals surface area contributed by atoms with E-state index < -0.39 is 10.0 Å². The smallest absolute Gasteiger partial charge is 0.238 e. The van der Waals surface area contributed by atoms with Crippen molar-refractivity contribution in [2.24, 2.45) is 11.1 Å². The Labute approximate surface area is 177 Å². The molecule has 1 saturated heterocycles. The molecule has 1 unspecified atom stereocenters. The average molecular weight is 430 g/mol. The van der Waals surface area contributed by atoms with Crippen LogP contribution in [0, 0.1) is 5.92 Å². The van der Waals surface area contributed by atoms with E-state index in [1.54, 1.807) is 17.0 Å². The van der Waals surface area contributed by atoms with Gasteiger partial charge in [0.25, 0.3) is 0 Å². The molecule has 0 spiro atoms. The van der Waals surface area contributed by atoms with Gasteiger partial charge in [0.05, 0.1) is 10.8 Å². The molecule has 2 aromatic carbocycles. The van der Waals surface area contributed by atoms with Gasteiger partial charge in [0.15, 0.2) is 0 Å². The summed E-state index contributed by atoms with van der Waals surface area (Å²) in [7, 11) is -3.71. The van der Waals surface area contributed by atoms with Crippen molar-refractivity contribution < 1.29 is 18.0 Å². The lowest BCUT2D eigenvalue weighted by molar-refractivity contribution is -0.126. The Morgan fingerprint density at radius 2 is 1.77 bits per heavy atom. The van der Waals surface area contributed by atoms with E-state index in [-0.39, 0.29) is 29.0 Å². The van der Waals surface area contributed by atoms with Gasteiger partial charge in [-0.2, -0.15) is 0 Å². The molecule has 0 aromatic heterocycles. The van der Waals surface area contributed by atoms with Crippen LogP contribution in [0.4, 0.5) is 5.69 Å². The number of hydrogen-bond acceptors (Lipinski definition) is 4. The quantitative estimate of drug-likeness (QED) is 0.703. The number of hydrogen-bond donors (Lipinski definition) is 2. The fraction of sp³-hybridized carbons (Fsp3) is 0.364. The molecule has 0 radical (unpaired) electrons. The number of nitrogens with two attached hydrogens (primary N) is 1. The third-order valence-corrected chi connectivity index (χ3v) is 6.26. The van der Waals surface area contributed by atoms with Crippen LogP contribution in [0.25, 0.3) is 0 Å². The van der Waals surface area contributed by atoms with Crippen molar-refractivity contribution in [3.8, 4) is 0 Å². The fourth-order valence-electron chi connectivity index (χ4n) is 3.49. The van der Waals surface area contributed by atoms with Crippen LogP contribution in [-0.4, -0.2) is 33.3 Å². The molecule has 0 bridgehead atoms. The van der Waals surface area contributed by atoms with Crippen LogP contribution < -0.4 is 15.4 Å². The van der Waals surface area contributed by atoms with Crippen LogP contribution in [0.2, 0.25) is 0 Å². The summed E-state index contributed by atoms with van der Waals surface area (Å²) in [5, 5.41) is 7.96. The summed E-state index contributed by atoms with van der Waals surface area (Å²) in [5.74, 6) is -0.161. The molecule has 7 nitrogen and oxygen atoms in total. The van der Waals surface area contributed by atoms with Crippen molar-refractivity contribution in [2.45, 2.75) is 37.5 Å². The highest BCUT2D eigenvalue weighted by Crippen LogP contribution is 2.27. The van der Waals surface area contributed by atoms with Crippen LogP contribution in [0.1, 0.15) is 37.3 Å². The Balaban J connectivity index is 1.52. The third-order valence-electron chi connectivity index (χ3n) is 5.33. The monoisotopic (exact) mass is 429 g/mol. The second kappa shape index (κ2) is 8.97. The van der Waals surface area contributed by atoms with Gasteiger partial charge < -0.3 is 10.2 Å². The molecule has 1 fully saturated rings. The van der Waals surface area contributed by atoms with Gasteiger partial charge in [-0.15, -0.1) is 0 Å². The van der Waals surface area contributed by atoms with Gasteiger partial charge in [-0.05, 0) is 47.7 Å². The number of rotatable bonds is 7. The van der Waals surface area contributed by atoms with Crippen molar-refractivity contribution >= 4 is 27.5 Å². The Kier molecular flexibility index (Phi) is 6.58. The molecule has 1 aliphatic rings. The van der Waals surface area contributed by atoms with Crippen molar-refractivity contribution in [3.63, 3.8) is 0 Å². The molecule has 8 heteroatoms. The lowest BCUT2D eigenvalue weighted by atomic mass is 10.0. The zero-order valence-corrected chi connectivity index (χ0v) is 18.0. The van der Waals surface area contributed by atoms with E-state index in [1.807, 2.05) is 24.3 Å². The predicted octanol–water partition coefficient (Wildman–Crippen LogP) is 2.17. The number of carbonyl (C=O) groups excluding carboxylic acids is 2. The van der Waals surface area contributed by atoms with Gasteiger partial charge in [-0.3, -0.25) is 9.59 Å². The molecule has 1 heterocycles. The zero-order valence-electron chi connectivity index (χ0n) is 17.2. The van der Waals surface area contributed by atoms with E-state index >= 15 is 0 Å². The third kappa shape index (κ3) is 5.25. The van der Waals surface area contributed by atoms with Gasteiger partial charge in [0.2, 0.25) is 21.8 Å². The molecule has 30 heavy (non-hydrogen) atoms. The first kappa shape index (κ1) is 22.0. The molecule has 160 valence electrons. The minimum absolute atomic E-state index is 0.0500. The molecule has 1 atom stereocenters. The maximum Gasteiger partial charge on any atom is 0.238 e. The summed E-state index contributed by atoms with van der Waals surface area (Å²) >= 11 is 0. The highest BCUT2D eigenvalue weighted by atomic mass is 32.2. The van der Waals surface area contributed by atoms with E-state index in [0.717, 1.165) is 11.3 Å². The highest BCUT2D eigenvalue weighted by Gasteiger charge is 2.34. The summed E-state index contributed by atoms with van der Waals surface area (Å²) in [5.41, 5.74) is 2.91. The minimum atomic E-state index is -3.71. The van der Waals surface area contributed by atoms with Gasteiger partial charge in [0, 0.05) is 25.2 Å². The van der Waals surface area contributed by atoms with Crippen molar-refractivity contribution in [1.29, 1.82) is 0 Å². The number of benzene rings is 2. The van der Waals surface area contributed by atoms with E-state index in [0.29, 0.717) is 25.4 Å². The number of nitrogens with zero attached hydrogens (tertiary/aromatic N) is 1. The van der Waals surface area contributed by atoms with Crippen molar-refractivity contribution in [1.82, 2.24) is 5.32 Å². The molecular weight excluding hydrogens is 402 g/mol. The maximum absolute atomic E-state index is 12.5. The number of sulfonamides is 1. The Bertz CT molecular complexity index is 1020. The molecule has 0 aliphatic carbocycles. The summed E-state index contributed by atoms with van der Waals surface area (Å²) in [6.07, 6.45) is 0.749. The molecule has 0 saturated carbocycles. The van der Waals surface area contributed by atoms with E-state index in [1.165, 1.54) is 17.7 Å². The van der Waals surface area contributed by atoms with Crippen LogP contribution in [0.5, 0.6) is 0 Å². The second-order valence-electron chi connectivity index (χ2n) is 7.88. The molecule has 2 aromatic rings. The van der Waals surface area contributed by atoms with Crippen molar-refractivity contribution in [2.75, 3.05) is 18.0 Å². The number of anilines is 1. The first-order valence-corrected chi connectivity index (χ1v) is 11.5. The first-order chi connectivity index (χ1) is 14.1. The molecule has 3 rings (SSSR count). The van der Waals surface area contributed by atoms with E-state index in [2.05, 4.69) is 19.2 Å². The minimum Gasteiger partial charge on any atom is -0.355 e. The molecule has 3 N–H and O–H groups in total. The van der Waals surface area contributed by atoms with Crippen LogP contribution in [0.15, 0.2) is 53.4 Å². The first-order valence-electron chi connectivity index (χ1n) is 9.95. The highest BCUT2D eigenvalue weighted by molar-refractivity contribution is 7.89. The number of carbonyl (C=O) groups is 2. The Morgan fingerprint density at radius 3 is 2.33 bits per heavy atom. The van der Waals surface area contributed by atoms with E-state index in [4.69, 9.17) is 5.14 Å². The van der Waals surface area contributed by atoms with E-state index in [9.17, 15) is 18.0 Å². The second-order valence-corrected chi connectivity index (χ2v) is 9.44. The van der Waals surface area contributed by atoms with Gasteiger partial charge in [-0.25, -0.2) is 13.6 Å². The summed E-state index contributed by atoms with van der Waals surface area (Å²) < 4.78 is 22.6. The normalized spacial score (nSPS) is 16.9. The standard InChI is InChI=1S/C22H27N3O4S/c1-15(2)17-5-7-19(8-6-17)25-14-18(13-21(25)26)22(27)24-12-11-16-3-9-20(10-4-16)30(23,28)29/h3-10,15,18H,11-14H2,1-2H3,(H,24,27)(H2,23,28,29). The lowest BCUT2D eigenvalue weighted by Crippen LogP contribution is -2.34. The lowest BCUT2D eigenvalue weighted by Gasteiger charge is -2.17.